The number of hydrogen-bond donors (Lipinski definition) is 0. The van der Waals surface area contributed by atoms with E-state index in [-0.39, 0.29) is 6.61 Å². The van der Waals surface area contributed by atoms with Gasteiger partial charge in [-0.1, -0.05) is 50.1 Å². The van der Waals surface area contributed by atoms with Crippen molar-refractivity contribution in [2.45, 2.75) is 26.9 Å². The number of benzene rings is 1. The fourth-order valence-corrected chi connectivity index (χ4v) is 1.28. The van der Waals surface area contributed by atoms with E-state index in [0.717, 1.165) is 5.56 Å². The Morgan fingerprint density at radius 2 is 1.94 bits per heavy atom. The van der Waals surface area contributed by atoms with Crippen LogP contribution in [0.1, 0.15) is 32.4 Å². The molecular formula is C15H20O3. The lowest BCUT2D eigenvalue weighted by Crippen LogP contribution is -2.19. The maximum atomic E-state index is 11.6. The van der Waals surface area contributed by atoms with E-state index in [1.807, 2.05) is 32.0 Å². The maximum absolute atomic E-state index is 11.6. The summed E-state index contributed by atoms with van der Waals surface area (Å²) < 4.78 is 10.2. The van der Waals surface area contributed by atoms with Gasteiger partial charge >= 0.3 is 5.97 Å². The Balaban J connectivity index is 0.00000137. The van der Waals surface area contributed by atoms with Gasteiger partial charge < -0.3 is 9.47 Å². The van der Waals surface area contributed by atoms with Crippen LogP contribution in [0, 0.1) is 12.3 Å². The van der Waals surface area contributed by atoms with Gasteiger partial charge in [0.1, 0.15) is 6.61 Å². The summed E-state index contributed by atoms with van der Waals surface area (Å²) in [5, 5.41) is 0. The molecule has 0 aliphatic heterocycles. The van der Waals surface area contributed by atoms with Crippen molar-refractivity contribution in [1.82, 2.24) is 0 Å². The molecule has 0 aliphatic carbocycles. The molecule has 0 heterocycles. The van der Waals surface area contributed by atoms with Gasteiger partial charge in [-0.05, 0) is 12.5 Å². The van der Waals surface area contributed by atoms with Crippen molar-refractivity contribution in [3.63, 3.8) is 0 Å². The molecule has 1 rings (SSSR count). The Labute approximate surface area is 109 Å². The number of terminal acetylenes is 1. The zero-order valence-electron chi connectivity index (χ0n) is 11.2. The highest BCUT2D eigenvalue weighted by Crippen LogP contribution is 2.18. The fraction of sp³-hybridized carbons (Fsp3) is 0.400. The van der Waals surface area contributed by atoms with Crippen molar-refractivity contribution in [3.8, 4) is 12.3 Å². The zero-order chi connectivity index (χ0) is 13.8. The van der Waals surface area contributed by atoms with Gasteiger partial charge in [-0.3, -0.25) is 0 Å². The van der Waals surface area contributed by atoms with Crippen LogP contribution >= 0.6 is 0 Å². The summed E-state index contributed by atoms with van der Waals surface area (Å²) in [5.41, 5.74) is 0.746. The number of carbonyl (C=O) groups is 1. The summed E-state index contributed by atoms with van der Waals surface area (Å²) in [4.78, 5) is 11.6. The van der Waals surface area contributed by atoms with Crippen LogP contribution in [-0.2, 0) is 14.3 Å². The summed E-state index contributed by atoms with van der Waals surface area (Å²) in [6.45, 7) is 6.15. The van der Waals surface area contributed by atoms with E-state index >= 15 is 0 Å². The molecule has 1 unspecified atom stereocenters. The molecule has 0 spiro atoms. The second-order valence-corrected chi connectivity index (χ2v) is 3.06. The number of esters is 1. The van der Waals surface area contributed by atoms with E-state index in [4.69, 9.17) is 15.9 Å². The van der Waals surface area contributed by atoms with Gasteiger partial charge in [0.2, 0.25) is 0 Å². The molecular weight excluding hydrogens is 228 g/mol. The zero-order valence-corrected chi connectivity index (χ0v) is 11.2. The number of rotatable bonds is 5. The van der Waals surface area contributed by atoms with Gasteiger partial charge in [-0.2, -0.15) is 0 Å². The van der Waals surface area contributed by atoms with Crippen molar-refractivity contribution in [1.29, 1.82) is 0 Å². The molecule has 0 aromatic heterocycles. The Morgan fingerprint density at radius 1 is 1.33 bits per heavy atom. The summed E-state index contributed by atoms with van der Waals surface area (Å²) in [6, 6.07) is 9.14. The quantitative estimate of drug-likeness (QED) is 0.593. The minimum absolute atomic E-state index is 0.0817. The highest BCUT2D eigenvalue weighted by Gasteiger charge is 2.21. The normalized spacial score (nSPS) is 10.6. The number of ether oxygens (including phenoxy) is 2. The largest absolute Gasteiger partial charge is 0.464 e. The Kier molecular flexibility index (Phi) is 9.34. The van der Waals surface area contributed by atoms with Crippen molar-refractivity contribution in [2.24, 2.45) is 0 Å². The van der Waals surface area contributed by atoms with Gasteiger partial charge in [0.15, 0.2) is 6.10 Å². The van der Waals surface area contributed by atoms with Gasteiger partial charge in [0, 0.05) is 0 Å². The van der Waals surface area contributed by atoms with E-state index < -0.39 is 12.1 Å². The average molecular weight is 248 g/mol. The van der Waals surface area contributed by atoms with Gasteiger partial charge in [-0.25, -0.2) is 4.79 Å². The Bertz CT molecular complexity index is 365. The van der Waals surface area contributed by atoms with Gasteiger partial charge in [0.25, 0.3) is 0 Å². The van der Waals surface area contributed by atoms with Crippen molar-refractivity contribution in [2.75, 3.05) is 13.2 Å². The van der Waals surface area contributed by atoms with E-state index in [2.05, 4.69) is 5.92 Å². The minimum Gasteiger partial charge on any atom is -0.464 e. The van der Waals surface area contributed by atoms with Crippen LogP contribution < -0.4 is 0 Å². The first-order valence-electron chi connectivity index (χ1n) is 6.06. The first kappa shape index (κ1) is 16.2. The van der Waals surface area contributed by atoms with Crippen LogP contribution in [-0.4, -0.2) is 19.2 Å². The van der Waals surface area contributed by atoms with E-state index in [0.29, 0.717) is 6.61 Å². The molecule has 1 aromatic rings. The minimum atomic E-state index is -0.739. The van der Waals surface area contributed by atoms with E-state index in [1.165, 1.54) is 0 Å². The summed E-state index contributed by atoms with van der Waals surface area (Å²) in [5.74, 6) is 1.92. The van der Waals surface area contributed by atoms with Gasteiger partial charge in [-0.15, -0.1) is 6.42 Å². The molecule has 3 heteroatoms. The summed E-state index contributed by atoms with van der Waals surface area (Å²) >= 11 is 0. The molecule has 0 saturated carbocycles. The molecule has 1 atom stereocenters. The third kappa shape index (κ3) is 5.51. The number of hydrogen-bond acceptors (Lipinski definition) is 3. The third-order valence-corrected chi connectivity index (χ3v) is 1.94. The molecule has 0 N–H and O–H groups in total. The van der Waals surface area contributed by atoms with Gasteiger partial charge in [0.05, 0.1) is 6.61 Å². The molecule has 0 saturated heterocycles. The van der Waals surface area contributed by atoms with Crippen molar-refractivity contribution >= 4 is 5.97 Å². The van der Waals surface area contributed by atoms with Crippen molar-refractivity contribution in [3.05, 3.63) is 35.9 Å². The SMILES string of the molecule is C#CCOC(C(=O)OCC)c1ccccc1.CC. The molecule has 0 fully saturated rings. The maximum Gasteiger partial charge on any atom is 0.339 e. The second-order valence-electron chi connectivity index (χ2n) is 3.06. The van der Waals surface area contributed by atoms with Crippen LogP contribution in [0.5, 0.6) is 0 Å². The molecule has 18 heavy (non-hydrogen) atoms. The summed E-state index contributed by atoms with van der Waals surface area (Å²) in [6.07, 6.45) is 4.36. The predicted octanol–water partition coefficient (Wildman–Crippen LogP) is 2.97. The summed E-state index contributed by atoms with van der Waals surface area (Å²) in [7, 11) is 0. The number of carbonyl (C=O) groups excluding carboxylic acids is 1. The van der Waals surface area contributed by atoms with E-state index in [1.54, 1.807) is 19.1 Å². The second kappa shape index (κ2) is 10.4. The average Bonchev–Trinajstić information content (AvgIpc) is 2.43. The lowest BCUT2D eigenvalue weighted by atomic mass is 10.1. The molecule has 1 aromatic carbocycles. The Morgan fingerprint density at radius 3 is 2.44 bits per heavy atom. The van der Waals surface area contributed by atoms with Crippen LogP contribution in [0.25, 0.3) is 0 Å². The molecule has 3 nitrogen and oxygen atoms in total. The lowest BCUT2D eigenvalue weighted by molar-refractivity contribution is -0.156. The molecule has 0 radical (unpaired) electrons. The van der Waals surface area contributed by atoms with Crippen molar-refractivity contribution < 1.29 is 14.3 Å². The fourth-order valence-electron chi connectivity index (χ4n) is 1.28. The Hall–Kier alpha value is -1.79. The van der Waals surface area contributed by atoms with E-state index in [9.17, 15) is 4.79 Å². The molecule has 0 aliphatic rings. The van der Waals surface area contributed by atoms with Crippen LogP contribution in [0.4, 0.5) is 0 Å². The van der Waals surface area contributed by atoms with Crippen LogP contribution in [0.2, 0.25) is 0 Å². The highest BCUT2D eigenvalue weighted by molar-refractivity contribution is 5.76. The topological polar surface area (TPSA) is 35.5 Å². The molecule has 98 valence electrons. The molecule has 0 amide bonds. The molecule has 0 bridgehead atoms. The predicted molar refractivity (Wildman–Crippen MR) is 71.9 cm³/mol. The third-order valence-electron chi connectivity index (χ3n) is 1.94. The smallest absolute Gasteiger partial charge is 0.339 e. The monoisotopic (exact) mass is 248 g/mol. The van der Waals surface area contributed by atoms with Crippen LogP contribution in [0.3, 0.4) is 0 Å². The first-order chi connectivity index (χ1) is 8.79. The lowest BCUT2D eigenvalue weighted by Gasteiger charge is -2.15. The standard InChI is InChI=1S/C13H14O3.C2H6/c1-3-10-16-12(13(14)15-4-2)11-8-6-5-7-9-11;1-2/h1,5-9,12H,4,10H2,2H3;1-2H3. The van der Waals surface area contributed by atoms with Crippen LogP contribution in [0.15, 0.2) is 30.3 Å². The first-order valence-corrected chi connectivity index (χ1v) is 6.06. The highest BCUT2D eigenvalue weighted by atomic mass is 16.6.